The minimum Gasteiger partial charge on any atom is -0.469 e. The van der Waals surface area contributed by atoms with Crippen molar-refractivity contribution in [3.63, 3.8) is 0 Å². The highest BCUT2D eigenvalue weighted by Crippen LogP contribution is 2.36. The molecular weight excluding hydrogens is 491 g/mol. The van der Waals surface area contributed by atoms with E-state index in [2.05, 4.69) is 38.8 Å². The molecule has 1 saturated heterocycles. The minimum atomic E-state index is -4.84. The highest BCUT2D eigenvalue weighted by molar-refractivity contribution is 5.93. The zero-order valence-corrected chi connectivity index (χ0v) is 21.3. The lowest BCUT2D eigenvalue weighted by atomic mass is 9.80. The van der Waals surface area contributed by atoms with Gasteiger partial charge < -0.3 is 24.6 Å². The quantitative estimate of drug-likeness (QED) is 0.550. The maximum atomic E-state index is 13.5. The van der Waals surface area contributed by atoms with Crippen LogP contribution in [0.4, 0.5) is 19.0 Å². The summed E-state index contributed by atoms with van der Waals surface area (Å²) in [5.41, 5.74) is 0.410. The maximum absolute atomic E-state index is 13.5. The molecule has 1 saturated carbocycles. The number of hydrogen-bond acceptors (Lipinski definition) is 8. The Balaban J connectivity index is 1.52. The van der Waals surface area contributed by atoms with Crippen LogP contribution in [0, 0.1) is 5.92 Å². The lowest BCUT2D eigenvalue weighted by Crippen LogP contribution is -2.53. The van der Waals surface area contributed by atoms with Crippen molar-refractivity contribution in [3.05, 3.63) is 24.5 Å². The van der Waals surface area contributed by atoms with Crippen LogP contribution in [0.3, 0.4) is 0 Å². The first-order valence-electron chi connectivity index (χ1n) is 12.4. The average molecular weight is 524 g/mol. The SMILES string of the molecule is COC(=O)C1CC(N(C)C(C)C)CCC1N1CC[C@H](Nc2ncnc3ccc(OC(F)(F)F)cc23)C1=O. The van der Waals surface area contributed by atoms with Crippen molar-refractivity contribution in [1.82, 2.24) is 19.8 Å². The van der Waals surface area contributed by atoms with Crippen LogP contribution in [0.25, 0.3) is 10.9 Å². The smallest absolute Gasteiger partial charge is 0.469 e. The van der Waals surface area contributed by atoms with Gasteiger partial charge >= 0.3 is 12.3 Å². The largest absolute Gasteiger partial charge is 0.573 e. The summed E-state index contributed by atoms with van der Waals surface area (Å²) < 4.78 is 47.3. The minimum absolute atomic E-state index is 0.177. The Labute approximate surface area is 213 Å². The van der Waals surface area contributed by atoms with Crippen molar-refractivity contribution >= 4 is 28.6 Å². The highest BCUT2D eigenvalue weighted by atomic mass is 19.4. The summed E-state index contributed by atoms with van der Waals surface area (Å²) >= 11 is 0. The van der Waals surface area contributed by atoms with Gasteiger partial charge in [0.05, 0.1) is 18.5 Å². The van der Waals surface area contributed by atoms with E-state index in [9.17, 15) is 22.8 Å². The van der Waals surface area contributed by atoms with Crippen LogP contribution >= 0.6 is 0 Å². The predicted octanol–water partition coefficient (Wildman–Crippen LogP) is 3.59. The van der Waals surface area contributed by atoms with Gasteiger partial charge in [-0.25, -0.2) is 9.97 Å². The van der Waals surface area contributed by atoms with Gasteiger partial charge in [0.25, 0.3) is 0 Å². The van der Waals surface area contributed by atoms with E-state index >= 15 is 0 Å². The second-order valence-electron chi connectivity index (χ2n) is 9.89. The molecule has 1 aromatic carbocycles. The Morgan fingerprint density at radius 2 is 1.97 bits per heavy atom. The van der Waals surface area contributed by atoms with Gasteiger partial charge in [-0.15, -0.1) is 13.2 Å². The molecule has 1 amide bonds. The van der Waals surface area contributed by atoms with E-state index < -0.39 is 24.1 Å². The van der Waals surface area contributed by atoms with Gasteiger partial charge in [0.1, 0.15) is 23.9 Å². The third-order valence-corrected chi connectivity index (χ3v) is 7.47. The fraction of sp³-hybridized carbons (Fsp3) is 0.600. The lowest BCUT2D eigenvalue weighted by Gasteiger charge is -2.43. The molecule has 0 radical (unpaired) electrons. The van der Waals surface area contributed by atoms with Crippen LogP contribution in [-0.2, 0) is 14.3 Å². The van der Waals surface area contributed by atoms with Crippen LogP contribution in [0.15, 0.2) is 24.5 Å². The molecule has 12 heteroatoms. The summed E-state index contributed by atoms with van der Waals surface area (Å²) in [7, 11) is 3.41. The molecule has 1 aliphatic heterocycles. The summed E-state index contributed by atoms with van der Waals surface area (Å²) in [6.45, 7) is 4.66. The monoisotopic (exact) mass is 523 g/mol. The second-order valence-corrected chi connectivity index (χ2v) is 9.89. The summed E-state index contributed by atoms with van der Waals surface area (Å²) in [5.74, 6) is -1.10. The number of benzene rings is 1. The first-order valence-corrected chi connectivity index (χ1v) is 12.4. The van der Waals surface area contributed by atoms with Gasteiger partial charge in [-0.1, -0.05) is 0 Å². The molecule has 3 unspecified atom stereocenters. The Hall–Kier alpha value is -3.15. The number of aromatic nitrogens is 2. The zero-order valence-electron chi connectivity index (χ0n) is 21.3. The third-order valence-electron chi connectivity index (χ3n) is 7.47. The standard InChI is InChI=1S/C25H32F3N5O4/c1-14(2)32(3)15-5-8-21(18(11-15)24(35)36-4)33-10-9-20(23(33)34)31-22-17-12-16(37-25(26,27)28)6-7-19(17)29-13-30-22/h6-7,12-15,18,20-21H,5,8-11H2,1-4H3,(H,29,30,31)/t15?,18?,20-,21?/m0/s1. The molecule has 9 nitrogen and oxygen atoms in total. The summed E-state index contributed by atoms with van der Waals surface area (Å²) in [5, 5.41) is 3.39. The Kier molecular flexibility index (Phi) is 7.77. The van der Waals surface area contributed by atoms with Crippen LogP contribution in [0.2, 0.25) is 0 Å². The number of nitrogens with zero attached hydrogens (tertiary/aromatic N) is 4. The normalized spacial score (nSPS) is 24.7. The van der Waals surface area contributed by atoms with E-state index in [0.717, 1.165) is 6.42 Å². The number of amides is 1. The molecule has 2 aromatic rings. The number of alkyl halides is 3. The molecule has 4 atom stereocenters. The first-order chi connectivity index (χ1) is 17.5. The van der Waals surface area contributed by atoms with Gasteiger partial charge in [-0.05, 0) is 64.8 Å². The molecular formula is C25H32F3N5O4. The Morgan fingerprint density at radius 3 is 2.65 bits per heavy atom. The number of anilines is 1. The van der Waals surface area contributed by atoms with Crippen molar-refractivity contribution in [3.8, 4) is 5.75 Å². The van der Waals surface area contributed by atoms with E-state index in [1.807, 2.05) is 7.05 Å². The van der Waals surface area contributed by atoms with Gasteiger partial charge in [0, 0.05) is 30.1 Å². The molecule has 1 N–H and O–H groups in total. The fourth-order valence-corrected chi connectivity index (χ4v) is 5.38. The maximum Gasteiger partial charge on any atom is 0.573 e. The first kappa shape index (κ1) is 26.9. The molecule has 1 aromatic heterocycles. The zero-order chi connectivity index (χ0) is 26.9. The number of nitrogens with one attached hydrogen (secondary N) is 1. The topological polar surface area (TPSA) is 96.9 Å². The van der Waals surface area contributed by atoms with Crippen LogP contribution in [0.1, 0.15) is 39.5 Å². The molecule has 37 heavy (non-hydrogen) atoms. The van der Waals surface area contributed by atoms with E-state index in [4.69, 9.17) is 4.74 Å². The van der Waals surface area contributed by atoms with Gasteiger partial charge in [-0.3, -0.25) is 9.59 Å². The molecule has 2 heterocycles. The predicted molar refractivity (Wildman–Crippen MR) is 130 cm³/mol. The number of rotatable bonds is 7. The summed E-state index contributed by atoms with van der Waals surface area (Å²) in [6.07, 6.45) is -0.957. The molecule has 4 rings (SSSR count). The number of hydrogen-bond donors (Lipinski definition) is 1. The number of ether oxygens (including phenoxy) is 2. The lowest BCUT2D eigenvalue weighted by molar-refractivity contribution is -0.274. The molecule has 202 valence electrons. The summed E-state index contributed by atoms with van der Waals surface area (Å²) in [6, 6.07) is 3.40. The molecule has 2 aliphatic rings. The van der Waals surface area contributed by atoms with Crippen molar-refractivity contribution in [2.75, 3.05) is 26.0 Å². The number of carbonyl (C=O) groups excluding carboxylic acids is 2. The number of carbonyl (C=O) groups is 2. The molecule has 0 bridgehead atoms. The van der Waals surface area contributed by atoms with Crippen LogP contribution in [-0.4, -0.2) is 82.9 Å². The molecule has 1 aliphatic carbocycles. The number of likely N-dealkylation sites (tertiary alicyclic amines) is 1. The summed E-state index contributed by atoms with van der Waals surface area (Å²) in [4.78, 5) is 38.4. The van der Waals surface area contributed by atoms with Crippen LogP contribution in [0.5, 0.6) is 5.75 Å². The van der Waals surface area contributed by atoms with Crippen molar-refractivity contribution in [1.29, 1.82) is 0 Å². The highest BCUT2D eigenvalue weighted by Gasteiger charge is 2.45. The average Bonchev–Trinajstić information content (AvgIpc) is 3.21. The van der Waals surface area contributed by atoms with Gasteiger partial charge in [0.15, 0.2) is 0 Å². The Morgan fingerprint density at radius 1 is 1.22 bits per heavy atom. The van der Waals surface area contributed by atoms with Crippen molar-refractivity contribution in [2.45, 2.75) is 70.1 Å². The second kappa shape index (κ2) is 10.7. The number of fused-ring (bicyclic) bond motifs is 1. The number of methoxy groups -OCH3 is 1. The Bertz CT molecular complexity index is 1140. The molecule has 2 fully saturated rings. The number of halogens is 3. The molecule has 0 spiro atoms. The van der Waals surface area contributed by atoms with E-state index in [1.165, 1.54) is 31.6 Å². The van der Waals surface area contributed by atoms with E-state index in [0.29, 0.717) is 42.8 Å². The van der Waals surface area contributed by atoms with Crippen molar-refractivity contribution < 1.29 is 32.2 Å². The third kappa shape index (κ3) is 5.89. The van der Waals surface area contributed by atoms with Gasteiger partial charge in [-0.2, -0.15) is 0 Å². The van der Waals surface area contributed by atoms with Crippen LogP contribution < -0.4 is 10.1 Å². The van der Waals surface area contributed by atoms with E-state index in [1.54, 1.807) is 4.90 Å². The van der Waals surface area contributed by atoms with Crippen molar-refractivity contribution in [2.24, 2.45) is 5.92 Å². The van der Waals surface area contributed by atoms with E-state index in [-0.39, 0.29) is 29.8 Å². The van der Waals surface area contributed by atoms with Gasteiger partial charge in [0.2, 0.25) is 5.91 Å². The number of esters is 1. The fourth-order valence-electron chi connectivity index (χ4n) is 5.38.